The summed E-state index contributed by atoms with van der Waals surface area (Å²) in [5.74, 6) is 0.945. The minimum absolute atomic E-state index is 0.0925. The van der Waals surface area contributed by atoms with Gasteiger partial charge in [-0.25, -0.2) is 9.50 Å². The Bertz CT molecular complexity index is 721. The van der Waals surface area contributed by atoms with E-state index in [1.165, 1.54) is 0 Å². The van der Waals surface area contributed by atoms with E-state index in [1.54, 1.807) is 10.8 Å². The van der Waals surface area contributed by atoms with E-state index >= 15 is 0 Å². The van der Waals surface area contributed by atoms with Crippen LogP contribution in [0.15, 0.2) is 24.7 Å². The fourth-order valence-electron chi connectivity index (χ4n) is 3.21. The van der Waals surface area contributed by atoms with Crippen molar-refractivity contribution >= 4 is 17.2 Å². The molecule has 0 aliphatic heterocycles. The molecular weight excluding hydrogens is 316 g/mol. The van der Waals surface area contributed by atoms with Crippen LogP contribution in [0, 0.1) is 0 Å². The lowest BCUT2D eigenvalue weighted by Crippen LogP contribution is -2.50. The smallest absolute Gasteiger partial charge is 0.240 e. The van der Waals surface area contributed by atoms with Gasteiger partial charge in [-0.2, -0.15) is 5.10 Å². The highest BCUT2D eigenvalue weighted by Gasteiger charge is 2.52. The van der Waals surface area contributed by atoms with E-state index in [0.29, 0.717) is 6.54 Å². The molecule has 2 N–H and O–H groups in total. The van der Waals surface area contributed by atoms with Crippen molar-refractivity contribution in [1.82, 2.24) is 24.8 Å². The lowest BCUT2D eigenvalue weighted by atomic mass is 10.1. The zero-order valence-electron chi connectivity index (χ0n) is 15.3. The predicted octanol–water partition coefficient (Wildman–Crippen LogP) is 1.91. The van der Waals surface area contributed by atoms with E-state index in [1.807, 2.05) is 37.3 Å². The molecule has 3 rings (SSSR count). The van der Waals surface area contributed by atoms with Crippen molar-refractivity contribution in [1.29, 1.82) is 0 Å². The minimum Gasteiger partial charge on any atom is -0.366 e. The molecule has 1 amide bonds. The number of unbranched alkanes of at least 4 members (excludes halogenated alkanes) is 1. The largest absolute Gasteiger partial charge is 0.366 e. The second kappa shape index (κ2) is 7.39. The summed E-state index contributed by atoms with van der Waals surface area (Å²) in [5.41, 5.74) is 0.642. The highest BCUT2D eigenvalue weighted by atomic mass is 16.2. The number of nitrogens with one attached hydrogen (secondary N) is 2. The molecule has 2 aromatic heterocycles. The van der Waals surface area contributed by atoms with Crippen LogP contribution in [0.1, 0.15) is 39.0 Å². The van der Waals surface area contributed by atoms with Gasteiger partial charge in [-0.15, -0.1) is 0 Å². The fraction of sp³-hybridized carbons (Fsp3) is 0.611. The van der Waals surface area contributed by atoms with Crippen molar-refractivity contribution in [3.63, 3.8) is 0 Å². The Hall–Kier alpha value is -2.15. The lowest BCUT2D eigenvalue weighted by molar-refractivity contribution is -0.127. The molecule has 25 heavy (non-hydrogen) atoms. The quantitative estimate of drug-likeness (QED) is 0.727. The van der Waals surface area contributed by atoms with Gasteiger partial charge in [0.25, 0.3) is 0 Å². The van der Waals surface area contributed by atoms with E-state index < -0.39 is 0 Å². The minimum atomic E-state index is -0.297. The van der Waals surface area contributed by atoms with Gasteiger partial charge in [-0.3, -0.25) is 9.69 Å². The van der Waals surface area contributed by atoms with E-state index in [2.05, 4.69) is 27.6 Å². The van der Waals surface area contributed by atoms with E-state index in [9.17, 15) is 4.79 Å². The maximum atomic E-state index is 12.7. The summed E-state index contributed by atoms with van der Waals surface area (Å²) in [5, 5.41) is 10.8. The molecule has 1 aliphatic rings. The monoisotopic (exact) mass is 344 g/mol. The summed E-state index contributed by atoms with van der Waals surface area (Å²) in [7, 11) is 3.96. The normalized spacial score (nSPS) is 16.8. The van der Waals surface area contributed by atoms with Crippen LogP contribution in [-0.2, 0) is 4.79 Å². The fourth-order valence-corrected chi connectivity index (χ4v) is 3.21. The van der Waals surface area contributed by atoms with Crippen molar-refractivity contribution in [2.75, 3.05) is 26.0 Å². The number of anilines is 1. The second-order valence-electron chi connectivity index (χ2n) is 7.07. The Balaban J connectivity index is 1.64. The summed E-state index contributed by atoms with van der Waals surface area (Å²) in [4.78, 5) is 19.1. The number of carbonyl (C=O) groups excluding carboxylic acids is 1. The summed E-state index contributed by atoms with van der Waals surface area (Å²) in [6, 6.07) is 4.02. The van der Waals surface area contributed by atoms with Crippen LogP contribution in [0.2, 0.25) is 0 Å². The van der Waals surface area contributed by atoms with Crippen LogP contribution in [0.5, 0.6) is 0 Å². The summed E-state index contributed by atoms with van der Waals surface area (Å²) < 4.78 is 1.79. The van der Waals surface area contributed by atoms with E-state index in [4.69, 9.17) is 0 Å². The zero-order valence-corrected chi connectivity index (χ0v) is 15.3. The molecule has 2 aromatic rings. The first kappa shape index (κ1) is 17.7. The summed E-state index contributed by atoms with van der Waals surface area (Å²) in [6.45, 7) is 2.83. The molecule has 0 aromatic carbocycles. The summed E-state index contributed by atoms with van der Waals surface area (Å²) >= 11 is 0. The number of likely N-dealkylation sites (N-methyl/N-ethyl adjacent to an activating group) is 1. The molecule has 7 heteroatoms. The van der Waals surface area contributed by atoms with Gasteiger partial charge in [0.2, 0.25) is 5.91 Å². The van der Waals surface area contributed by atoms with Crippen molar-refractivity contribution in [3.05, 3.63) is 24.7 Å². The molecule has 0 radical (unpaired) electrons. The molecule has 7 nitrogen and oxygen atoms in total. The van der Waals surface area contributed by atoms with Gasteiger partial charge in [0.1, 0.15) is 11.8 Å². The lowest BCUT2D eigenvalue weighted by Gasteiger charge is -2.27. The molecule has 0 bridgehead atoms. The van der Waals surface area contributed by atoms with Crippen LogP contribution in [0.3, 0.4) is 0 Å². The average molecular weight is 344 g/mol. The van der Waals surface area contributed by atoms with Crippen molar-refractivity contribution in [3.8, 4) is 0 Å². The SMILES string of the molecule is CCCCC(CNc1ncnn2cccc12)NC(=O)C1(N(C)C)CC1. The van der Waals surface area contributed by atoms with Crippen LogP contribution < -0.4 is 10.6 Å². The van der Waals surface area contributed by atoms with E-state index in [-0.39, 0.29) is 17.5 Å². The van der Waals surface area contributed by atoms with Crippen LogP contribution in [0.25, 0.3) is 5.52 Å². The van der Waals surface area contributed by atoms with Gasteiger partial charge in [0, 0.05) is 18.8 Å². The van der Waals surface area contributed by atoms with Crippen LogP contribution >= 0.6 is 0 Å². The molecule has 2 heterocycles. The number of rotatable bonds is 9. The average Bonchev–Trinajstić information content (AvgIpc) is 3.29. The van der Waals surface area contributed by atoms with Gasteiger partial charge < -0.3 is 10.6 Å². The Kier molecular flexibility index (Phi) is 5.22. The number of aromatic nitrogens is 3. The predicted molar refractivity (Wildman–Crippen MR) is 98.6 cm³/mol. The number of carbonyl (C=O) groups is 1. The highest BCUT2D eigenvalue weighted by Crippen LogP contribution is 2.40. The maximum Gasteiger partial charge on any atom is 0.240 e. The molecule has 0 spiro atoms. The van der Waals surface area contributed by atoms with Crippen molar-refractivity contribution in [2.45, 2.75) is 50.6 Å². The van der Waals surface area contributed by atoms with Gasteiger partial charge >= 0.3 is 0 Å². The van der Waals surface area contributed by atoms with Crippen molar-refractivity contribution in [2.24, 2.45) is 0 Å². The molecule has 1 unspecified atom stereocenters. The topological polar surface area (TPSA) is 74.6 Å². The van der Waals surface area contributed by atoms with Crippen LogP contribution in [-0.4, -0.2) is 57.6 Å². The third kappa shape index (κ3) is 3.76. The van der Waals surface area contributed by atoms with Gasteiger partial charge in [-0.1, -0.05) is 19.8 Å². The molecule has 1 saturated carbocycles. The molecule has 1 atom stereocenters. The maximum absolute atomic E-state index is 12.7. The third-order valence-electron chi connectivity index (χ3n) is 5.09. The number of hydrogen-bond donors (Lipinski definition) is 2. The third-order valence-corrected chi connectivity index (χ3v) is 5.09. The second-order valence-corrected chi connectivity index (χ2v) is 7.07. The number of fused-ring (bicyclic) bond motifs is 1. The Morgan fingerprint density at radius 3 is 2.92 bits per heavy atom. The van der Waals surface area contributed by atoms with Crippen LogP contribution in [0.4, 0.5) is 5.82 Å². The Morgan fingerprint density at radius 1 is 1.44 bits per heavy atom. The molecule has 1 fully saturated rings. The van der Waals surface area contributed by atoms with Gasteiger partial charge in [-0.05, 0) is 45.5 Å². The number of nitrogens with zero attached hydrogens (tertiary/aromatic N) is 4. The van der Waals surface area contributed by atoms with Crippen molar-refractivity contribution < 1.29 is 4.79 Å². The van der Waals surface area contributed by atoms with Gasteiger partial charge in [0.15, 0.2) is 5.82 Å². The molecule has 0 saturated heterocycles. The first-order valence-corrected chi connectivity index (χ1v) is 9.07. The molecule has 136 valence electrons. The number of hydrogen-bond acceptors (Lipinski definition) is 5. The molecular formula is C18H28N6O. The Morgan fingerprint density at radius 2 is 2.24 bits per heavy atom. The molecule has 1 aliphatic carbocycles. The highest BCUT2D eigenvalue weighted by molar-refractivity contribution is 5.89. The summed E-state index contributed by atoms with van der Waals surface area (Å²) in [6.07, 6.45) is 8.48. The van der Waals surface area contributed by atoms with Gasteiger partial charge in [0.05, 0.1) is 5.54 Å². The standard InChI is InChI=1S/C18H28N6O/c1-4-5-7-14(22-17(25)18(9-10-18)23(2)3)12-19-16-15-8-6-11-24(15)21-13-20-16/h6,8,11,13-14H,4-5,7,9-10,12H2,1-3H3,(H,22,25)(H,19,20,21). The number of amides is 1. The van der Waals surface area contributed by atoms with E-state index in [0.717, 1.165) is 43.4 Å². The Labute approximate surface area is 148 Å². The zero-order chi connectivity index (χ0) is 17.9. The first-order valence-electron chi connectivity index (χ1n) is 9.07. The first-order chi connectivity index (χ1) is 12.1.